The van der Waals surface area contributed by atoms with E-state index in [4.69, 9.17) is 5.73 Å². The van der Waals surface area contributed by atoms with Crippen molar-refractivity contribution in [2.45, 2.75) is 59.4 Å². The average Bonchev–Trinajstić information content (AvgIpc) is 2.23. The van der Waals surface area contributed by atoms with Crippen molar-refractivity contribution in [3.05, 3.63) is 11.9 Å². The number of nitrogens with two attached hydrogens (primary N) is 1. The molecule has 0 bridgehead atoms. The Morgan fingerprint density at radius 3 is 2.33 bits per heavy atom. The molecule has 0 unspecified atom stereocenters. The Balaban J connectivity index is 3.19. The molecule has 0 radical (unpaired) electrons. The Kier molecular flexibility index (Phi) is 4.54. The minimum atomic E-state index is -0.0843. The van der Waals surface area contributed by atoms with E-state index in [-0.39, 0.29) is 5.41 Å². The molecule has 0 aliphatic carbocycles. The number of hydrogen-bond acceptors (Lipinski definition) is 4. The Morgan fingerprint density at radius 1 is 1.28 bits per heavy atom. The zero-order valence-corrected chi connectivity index (χ0v) is 12.5. The summed E-state index contributed by atoms with van der Waals surface area (Å²) in [6.45, 7) is 13.8. The molecule has 0 saturated carbocycles. The van der Waals surface area contributed by atoms with Crippen LogP contribution in [0.15, 0.2) is 6.07 Å². The molecular formula is C14H26N4. The summed E-state index contributed by atoms with van der Waals surface area (Å²) >= 11 is 0. The summed E-state index contributed by atoms with van der Waals surface area (Å²) in [4.78, 5) is 11.3. The summed E-state index contributed by atoms with van der Waals surface area (Å²) in [5.74, 6) is 2.29. The first-order valence-electron chi connectivity index (χ1n) is 6.67. The SMILES string of the molecule is CCCN(c1cc(N)nc(C(C)(C)C)n1)C(C)C. The zero-order chi connectivity index (χ0) is 13.9. The first-order chi connectivity index (χ1) is 8.25. The lowest BCUT2D eigenvalue weighted by molar-refractivity contribution is 0.542. The molecule has 1 aromatic heterocycles. The maximum atomic E-state index is 5.91. The van der Waals surface area contributed by atoms with Gasteiger partial charge in [0.25, 0.3) is 0 Å². The van der Waals surface area contributed by atoms with Gasteiger partial charge in [-0.25, -0.2) is 9.97 Å². The Bertz CT molecular complexity index is 393. The molecule has 0 aliphatic rings. The number of rotatable bonds is 4. The fourth-order valence-electron chi connectivity index (χ4n) is 1.81. The third kappa shape index (κ3) is 3.59. The summed E-state index contributed by atoms with van der Waals surface area (Å²) in [5.41, 5.74) is 5.83. The van der Waals surface area contributed by atoms with E-state index < -0.39 is 0 Å². The molecule has 4 heteroatoms. The minimum absolute atomic E-state index is 0.0843. The molecule has 4 nitrogen and oxygen atoms in total. The van der Waals surface area contributed by atoms with Crippen LogP contribution in [0.2, 0.25) is 0 Å². The smallest absolute Gasteiger partial charge is 0.138 e. The predicted octanol–water partition coefficient (Wildman–Crippen LogP) is 2.98. The van der Waals surface area contributed by atoms with Gasteiger partial charge in [-0.1, -0.05) is 27.7 Å². The first-order valence-corrected chi connectivity index (χ1v) is 6.67. The molecule has 1 rings (SSSR count). The van der Waals surface area contributed by atoms with Gasteiger partial charge >= 0.3 is 0 Å². The van der Waals surface area contributed by atoms with Crippen LogP contribution in [0.5, 0.6) is 0 Å². The van der Waals surface area contributed by atoms with E-state index in [1.165, 1.54) is 0 Å². The van der Waals surface area contributed by atoms with Gasteiger partial charge in [-0.3, -0.25) is 0 Å². The highest BCUT2D eigenvalue weighted by Gasteiger charge is 2.21. The third-order valence-corrected chi connectivity index (χ3v) is 2.79. The highest BCUT2D eigenvalue weighted by Crippen LogP contribution is 2.24. The Labute approximate surface area is 111 Å². The molecule has 102 valence electrons. The monoisotopic (exact) mass is 250 g/mol. The van der Waals surface area contributed by atoms with E-state index >= 15 is 0 Å². The fraction of sp³-hybridized carbons (Fsp3) is 0.714. The second-order valence-corrected chi connectivity index (χ2v) is 6.01. The summed E-state index contributed by atoms with van der Waals surface area (Å²) in [5, 5.41) is 0. The van der Waals surface area contributed by atoms with E-state index in [9.17, 15) is 0 Å². The van der Waals surface area contributed by atoms with Gasteiger partial charge in [0.1, 0.15) is 17.5 Å². The molecule has 0 saturated heterocycles. The van der Waals surface area contributed by atoms with Gasteiger partial charge in [0.2, 0.25) is 0 Å². The van der Waals surface area contributed by atoms with Gasteiger partial charge in [-0.05, 0) is 20.3 Å². The van der Waals surface area contributed by atoms with Crippen molar-refractivity contribution in [1.82, 2.24) is 9.97 Å². The van der Waals surface area contributed by atoms with Crippen molar-refractivity contribution in [1.29, 1.82) is 0 Å². The molecule has 2 N–H and O–H groups in total. The molecule has 0 aliphatic heterocycles. The van der Waals surface area contributed by atoms with Crippen molar-refractivity contribution in [3.63, 3.8) is 0 Å². The second kappa shape index (κ2) is 5.55. The average molecular weight is 250 g/mol. The standard InChI is InChI=1S/C14H26N4/c1-7-8-18(10(2)3)12-9-11(15)16-13(17-12)14(4,5)6/h9-10H,7-8H2,1-6H3,(H2,15,16,17). The maximum absolute atomic E-state index is 5.91. The zero-order valence-electron chi connectivity index (χ0n) is 12.5. The Hall–Kier alpha value is -1.32. The topological polar surface area (TPSA) is 55.0 Å². The van der Waals surface area contributed by atoms with Crippen molar-refractivity contribution < 1.29 is 0 Å². The van der Waals surface area contributed by atoms with E-state index in [1.54, 1.807) is 0 Å². The molecular weight excluding hydrogens is 224 g/mol. The van der Waals surface area contributed by atoms with Gasteiger partial charge in [0.15, 0.2) is 0 Å². The van der Waals surface area contributed by atoms with Crippen molar-refractivity contribution >= 4 is 11.6 Å². The third-order valence-electron chi connectivity index (χ3n) is 2.79. The van der Waals surface area contributed by atoms with Crippen LogP contribution in [0, 0.1) is 0 Å². The summed E-state index contributed by atoms with van der Waals surface area (Å²) < 4.78 is 0. The van der Waals surface area contributed by atoms with Crippen LogP contribution in [0.3, 0.4) is 0 Å². The van der Waals surface area contributed by atoms with Gasteiger partial charge in [0.05, 0.1) is 0 Å². The van der Waals surface area contributed by atoms with Crippen LogP contribution < -0.4 is 10.6 Å². The predicted molar refractivity (Wildman–Crippen MR) is 77.9 cm³/mol. The quantitative estimate of drug-likeness (QED) is 0.892. The Morgan fingerprint density at radius 2 is 1.89 bits per heavy atom. The molecule has 18 heavy (non-hydrogen) atoms. The summed E-state index contributed by atoms with van der Waals surface area (Å²) in [7, 11) is 0. The first kappa shape index (κ1) is 14.7. The van der Waals surface area contributed by atoms with E-state index in [0.717, 1.165) is 24.6 Å². The molecule has 1 aromatic rings. The van der Waals surface area contributed by atoms with Crippen molar-refractivity contribution in [2.75, 3.05) is 17.2 Å². The second-order valence-electron chi connectivity index (χ2n) is 6.01. The molecule has 0 amide bonds. The number of nitrogens with zero attached hydrogens (tertiary/aromatic N) is 3. The van der Waals surface area contributed by atoms with E-state index in [0.29, 0.717) is 11.9 Å². The minimum Gasteiger partial charge on any atom is -0.384 e. The van der Waals surface area contributed by atoms with Gasteiger partial charge in [0, 0.05) is 24.1 Å². The lowest BCUT2D eigenvalue weighted by atomic mass is 9.96. The molecule has 0 aromatic carbocycles. The van der Waals surface area contributed by atoms with Gasteiger partial charge < -0.3 is 10.6 Å². The van der Waals surface area contributed by atoms with Crippen LogP contribution in [0.1, 0.15) is 53.8 Å². The molecule has 0 fully saturated rings. The van der Waals surface area contributed by atoms with E-state index in [2.05, 4.69) is 56.4 Å². The van der Waals surface area contributed by atoms with Crippen molar-refractivity contribution in [3.8, 4) is 0 Å². The van der Waals surface area contributed by atoms with Crippen LogP contribution in [0.25, 0.3) is 0 Å². The molecule has 1 heterocycles. The lowest BCUT2D eigenvalue weighted by Gasteiger charge is -2.29. The number of aromatic nitrogens is 2. The van der Waals surface area contributed by atoms with Crippen LogP contribution >= 0.6 is 0 Å². The number of hydrogen-bond donors (Lipinski definition) is 1. The maximum Gasteiger partial charge on any atom is 0.138 e. The summed E-state index contributed by atoms with van der Waals surface area (Å²) in [6, 6.07) is 2.28. The normalized spacial score (nSPS) is 11.9. The molecule has 0 atom stereocenters. The van der Waals surface area contributed by atoms with Crippen molar-refractivity contribution in [2.24, 2.45) is 0 Å². The highest BCUT2D eigenvalue weighted by molar-refractivity contribution is 5.48. The largest absolute Gasteiger partial charge is 0.384 e. The van der Waals surface area contributed by atoms with Crippen LogP contribution in [-0.2, 0) is 5.41 Å². The number of anilines is 2. The highest BCUT2D eigenvalue weighted by atomic mass is 15.2. The van der Waals surface area contributed by atoms with Crippen LogP contribution in [-0.4, -0.2) is 22.6 Å². The van der Waals surface area contributed by atoms with Crippen LogP contribution in [0.4, 0.5) is 11.6 Å². The number of nitrogen functional groups attached to an aromatic ring is 1. The van der Waals surface area contributed by atoms with Gasteiger partial charge in [-0.15, -0.1) is 0 Å². The summed E-state index contributed by atoms with van der Waals surface area (Å²) in [6.07, 6.45) is 1.09. The fourth-order valence-corrected chi connectivity index (χ4v) is 1.81. The van der Waals surface area contributed by atoms with Gasteiger partial charge in [-0.2, -0.15) is 0 Å². The lowest BCUT2D eigenvalue weighted by Crippen LogP contribution is -2.33. The van der Waals surface area contributed by atoms with E-state index in [1.807, 2.05) is 6.07 Å². The molecule has 0 spiro atoms.